The fraction of sp³-hybridized carbons (Fsp3) is 0.571. The lowest BCUT2D eigenvalue weighted by Gasteiger charge is -1.91. The summed E-state index contributed by atoms with van der Waals surface area (Å²) in [6.07, 6.45) is 0.925. The number of carbonyl (C=O) groups is 1. The predicted molar refractivity (Wildman–Crippen MR) is 36.5 cm³/mol. The van der Waals surface area contributed by atoms with Gasteiger partial charge in [0.1, 0.15) is 6.61 Å². The SMILES string of the molecule is CCCOCC#CC(=O)O. The number of hydrogen-bond donors (Lipinski definition) is 1. The van der Waals surface area contributed by atoms with Gasteiger partial charge in [-0.25, -0.2) is 4.79 Å². The van der Waals surface area contributed by atoms with Crippen LogP contribution < -0.4 is 0 Å². The van der Waals surface area contributed by atoms with Gasteiger partial charge in [-0.1, -0.05) is 12.8 Å². The summed E-state index contributed by atoms with van der Waals surface area (Å²) in [5.74, 6) is 3.18. The molecule has 0 aromatic heterocycles. The van der Waals surface area contributed by atoms with Gasteiger partial charge >= 0.3 is 5.97 Å². The molecule has 0 fully saturated rings. The lowest BCUT2D eigenvalue weighted by Crippen LogP contribution is -1.94. The summed E-state index contributed by atoms with van der Waals surface area (Å²) in [6, 6.07) is 0. The minimum atomic E-state index is -1.11. The molecule has 0 aromatic carbocycles. The summed E-state index contributed by atoms with van der Waals surface area (Å²) >= 11 is 0. The second kappa shape index (κ2) is 6.12. The van der Waals surface area contributed by atoms with E-state index in [-0.39, 0.29) is 6.61 Å². The Hall–Kier alpha value is -1.01. The highest BCUT2D eigenvalue weighted by atomic mass is 16.5. The molecule has 0 heterocycles. The molecular formula is C7H10O3. The zero-order valence-electron chi connectivity index (χ0n) is 5.89. The van der Waals surface area contributed by atoms with Gasteiger partial charge in [-0.2, -0.15) is 0 Å². The third kappa shape index (κ3) is 6.99. The number of carboxylic acid groups (broad SMARTS) is 1. The van der Waals surface area contributed by atoms with Gasteiger partial charge in [0, 0.05) is 12.5 Å². The molecule has 0 amide bonds. The monoisotopic (exact) mass is 142 g/mol. The Morgan fingerprint density at radius 2 is 2.40 bits per heavy atom. The number of carboxylic acids is 1. The van der Waals surface area contributed by atoms with E-state index in [0.29, 0.717) is 6.61 Å². The third-order valence-electron chi connectivity index (χ3n) is 0.718. The summed E-state index contributed by atoms with van der Waals surface area (Å²) in [6.45, 7) is 2.82. The molecule has 3 nitrogen and oxygen atoms in total. The highest BCUT2D eigenvalue weighted by molar-refractivity contribution is 5.86. The van der Waals surface area contributed by atoms with Crippen molar-refractivity contribution in [3.63, 3.8) is 0 Å². The van der Waals surface area contributed by atoms with Crippen LogP contribution in [0.15, 0.2) is 0 Å². The van der Waals surface area contributed by atoms with Crippen molar-refractivity contribution in [1.29, 1.82) is 0 Å². The molecule has 0 bridgehead atoms. The zero-order chi connectivity index (χ0) is 7.82. The number of aliphatic carboxylic acids is 1. The van der Waals surface area contributed by atoms with E-state index < -0.39 is 5.97 Å². The molecule has 0 aromatic rings. The first-order valence-corrected chi connectivity index (χ1v) is 3.07. The second-order valence-corrected chi connectivity index (χ2v) is 1.66. The maximum Gasteiger partial charge on any atom is 0.381 e. The molecule has 0 aliphatic heterocycles. The topological polar surface area (TPSA) is 46.5 Å². The smallest absolute Gasteiger partial charge is 0.381 e. The summed E-state index contributed by atoms with van der Waals surface area (Å²) in [5, 5.41) is 8.04. The van der Waals surface area contributed by atoms with Gasteiger partial charge in [0.2, 0.25) is 0 Å². The first-order chi connectivity index (χ1) is 4.77. The molecule has 0 rings (SSSR count). The van der Waals surface area contributed by atoms with E-state index in [4.69, 9.17) is 9.84 Å². The Kier molecular flexibility index (Phi) is 5.50. The molecule has 56 valence electrons. The van der Waals surface area contributed by atoms with Crippen LogP contribution in [-0.2, 0) is 9.53 Å². The van der Waals surface area contributed by atoms with E-state index >= 15 is 0 Å². The van der Waals surface area contributed by atoms with Gasteiger partial charge in [-0.3, -0.25) is 0 Å². The van der Waals surface area contributed by atoms with E-state index in [1.54, 1.807) is 0 Å². The van der Waals surface area contributed by atoms with Crippen molar-refractivity contribution in [2.75, 3.05) is 13.2 Å². The summed E-state index contributed by atoms with van der Waals surface area (Å²) < 4.78 is 4.90. The zero-order valence-corrected chi connectivity index (χ0v) is 5.89. The Labute approximate surface area is 60.0 Å². The standard InChI is InChI=1S/C7H10O3/c1-2-5-10-6-3-4-7(8)9/h2,5-6H2,1H3,(H,8,9). The predicted octanol–water partition coefficient (Wildman–Crippen LogP) is 0.501. The van der Waals surface area contributed by atoms with Crippen LogP contribution in [0.25, 0.3) is 0 Å². The Morgan fingerprint density at radius 3 is 2.90 bits per heavy atom. The molecule has 1 N–H and O–H groups in total. The average Bonchev–Trinajstić information content (AvgIpc) is 1.87. The summed E-state index contributed by atoms with van der Waals surface area (Å²) in [4.78, 5) is 9.80. The van der Waals surface area contributed by atoms with Gasteiger partial charge in [-0.15, -0.1) is 0 Å². The number of hydrogen-bond acceptors (Lipinski definition) is 2. The van der Waals surface area contributed by atoms with Crippen LogP contribution in [0.5, 0.6) is 0 Å². The summed E-state index contributed by atoms with van der Waals surface area (Å²) in [5.41, 5.74) is 0. The molecule has 3 heteroatoms. The normalized spacial score (nSPS) is 8.10. The van der Waals surface area contributed by atoms with Crippen LogP contribution in [0, 0.1) is 11.8 Å². The summed E-state index contributed by atoms with van der Waals surface area (Å²) in [7, 11) is 0. The first-order valence-electron chi connectivity index (χ1n) is 3.07. The van der Waals surface area contributed by atoms with Crippen molar-refractivity contribution >= 4 is 5.97 Å². The van der Waals surface area contributed by atoms with Crippen LogP contribution in [0.4, 0.5) is 0 Å². The highest BCUT2D eigenvalue weighted by Crippen LogP contribution is 1.77. The maximum absolute atomic E-state index is 9.80. The lowest BCUT2D eigenvalue weighted by atomic mass is 10.5. The quantitative estimate of drug-likeness (QED) is 0.461. The van der Waals surface area contributed by atoms with Crippen molar-refractivity contribution in [3.8, 4) is 11.8 Å². The average molecular weight is 142 g/mol. The van der Waals surface area contributed by atoms with Crippen molar-refractivity contribution in [1.82, 2.24) is 0 Å². The molecule has 0 radical (unpaired) electrons. The van der Waals surface area contributed by atoms with Gasteiger partial charge in [-0.05, 0) is 6.42 Å². The minimum absolute atomic E-state index is 0.208. The largest absolute Gasteiger partial charge is 0.472 e. The van der Waals surface area contributed by atoms with Crippen LogP contribution in [0.1, 0.15) is 13.3 Å². The van der Waals surface area contributed by atoms with E-state index in [2.05, 4.69) is 5.92 Å². The Bertz CT molecular complexity index is 152. The Balaban J connectivity index is 3.20. The molecule has 0 saturated heterocycles. The van der Waals surface area contributed by atoms with E-state index in [9.17, 15) is 4.79 Å². The van der Waals surface area contributed by atoms with Crippen LogP contribution >= 0.6 is 0 Å². The molecule has 0 aliphatic rings. The van der Waals surface area contributed by atoms with Crippen LogP contribution in [0.2, 0.25) is 0 Å². The van der Waals surface area contributed by atoms with Crippen molar-refractivity contribution in [2.24, 2.45) is 0 Å². The molecule has 0 aliphatic carbocycles. The third-order valence-corrected chi connectivity index (χ3v) is 0.718. The van der Waals surface area contributed by atoms with Crippen LogP contribution in [0.3, 0.4) is 0 Å². The minimum Gasteiger partial charge on any atom is -0.472 e. The van der Waals surface area contributed by atoms with Crippen molar-refractivity contribution < 1.29 is 14.6 Å². The highest BCUT2D eigenvalue weighted by Gasteiger charge is 1.82. The van der Waals surface area contributed by atoms with Gasteiger partial charge in [0.05, 0.1) is 0 Å². The molecule has 0 saturated carbocycles. The fourth-order valence-electron chi connectivity index (χ4n) is 0.379. The van der Waals surface area contributed by atoms with E-state index in [1.807, 2.05) is 12.8 Å². The number of ether oxygens (including phenoxy) is 1. The second-order valence-electron chi connectivity index (χ2n) is 1.66. The van der Waals surface area contributed by atoms with E-state index in [1.165, 1.54) is 0 Å². The van der Waals surface area contributed by atoms with Gasteiger partial charge < -0.3 is 9.84 Å². The Morgan fingerprint density at radius 1 is 1.70 bits per heavy atom. The van der Waals surface area contributed by atoms with E-state index in [0.717, 1.165) is 6.42 Å². The first kappa shape index (κ1) is 8.99. The molecule has 0 spiro atoms. The van der Waals surface area contributed by atoms with Gasteiger partial charge in [0.25, 0.3) is 0 Å². The molecular weight excluding hydrogens is 132 g/mol. The molecule has 0 atom stereocenters. The number of rotatable bonds is 3. The molecule has 10 heavy (non-hydrogen) atoms. The van der Waals surface area contributed by atoms with Crippen LogP contribution in [-0.4, -0.2) is 24.3 Å². The fourth-order valence-corrected chi connectivity index (χ4v) is 0.379. The van der Waals surface area contributed by atoms with Crippen molar-refractivity contribution in [3.05, 3.63) is 0 Å². The lowest BCUT2D eigenvalue weighted by molar-refractivity contribution is -0.130. The maximum atomic E-state index is 9.80. The van der Waals surface area contributed by atoms with Crippen molar-refractivity contribution in [2.45, 2.75) is 13.3 Å². The molecule has 0 unspecified atom stereocenters. The van der Waals surface area contributed by atoms with Gasteiger partial charge in [0.15, 0.2) is 0 Å².